The third kappa shape index (κ3) is 10.1. The maximum Gasteiger partial charge on any atom is 0.236 e. The van der Waals surface area contributed by atoms with Crippen LogP contribution in [0.1, 0.15) is 27.2 Å². The lowest BCUT2D eigenvalue weighted by molar-refractivity contribution is -0.122. The number of rotatable bonds is 10. The zero-order chi connectivity index (χ0) is 15.8. The minimum atomic E-state index is -3.27. The van der Waals surface area contributed by atoms with E-state index in [9.17, 15) is 13.2 Å². The number of hydrogen-bond donors (Lipinski definition) is 3. The molecule has 1 atom stereocenters. The number of hydrogen-bond acceptors (Lipinski definition) is 5. The first-order valence-electron chi connectivity index (χ1n) is 6.56. The molecule has 0 aliphatic heterocycles. The number of ether oxygens (including phenoxy) is 1. The van der Waals surface area contributed by atoms with Crippen molar-refractivity contribution in [3.05, 3.63) is 0 Å². The standard InChI is InChI=1S/C12H27N3O4S/c1-10(11(16)13-7-6-8-19-4)14-9-12(2,3)15-20(5,17)18/h10,14-15H,6-9H2,1-5H3,(H,13,16). The second-order valence-corrected chi connectivity index (χ2v) is 7.25. The highest BCUT2D eigenvalue weighted by Crippen LogP contribution is 2.02. The number of carbonyl (C=O) groups is 1. The summed E-state index contributed by atoms with van der Waals surface area (Å²) in [7, 11) is -1.66. The van der Waals surface area contributed by atoms with E-state index in [2.05, 4.69) is 15.4 Å². The zero-order valence-corrected chi connectivity index (χ0v) is 13.8. The van der Waals surface area contributed by atoms with Gasteiger partial charge in [0, 0.05) is 32.3 Å². The van der Waals surface area contributed by atoms with E-state index in [1.54, 1.807) is 27.9 Å². The Bertz CT molecular complexity index is 396. The first-order valence-corrected chi connectivity index (χ1v) is 8.45. The Hall–Kier alpha value is -0.700. The summed E-state index contributed by atoms with van der Waals surface area (Å²) < 4.78 is 29.8. The van der Waals surface area contributed by atoms with Gasteiger partial charge in [-0.2, -0.15) is 0 Å². The van der Waals surface area contributed by atoms with Crippen molar-refractivity contribution >= 4 is 15.9 Å². The van der Waals surface area contributed by atoms with Gasteiger partial charge in [0.05, 0.1) is 12.3 Å². The number of sulfonamides is 1. The minimum Gasteiger partial charge on any atom is -0.385 e. The minimum absolute atomic E-state index is 0.115. The largest absolute Gasteiger partial charge is 0.385 e. The maximum absolute atomic E-state index is 11.8. The van der Waals surface area contributed by atoms with Gasteiger partial charge in [-0.25, -0.2) is 13.1 Å². The molecule has 120 valence electrons. The van der Waals surface area contributed by atoms with E-state index in [1.165, 1.54) is 0 Å². The molecule has 1 unspecified atom stereocenters. The van der Waals surface area contributed by atoms with Crippen LogP contribution in [0.25, 0.3) is 0 Å². The average Bonchev–Trinajstić information content (AvgIpc) is 2.28. The number of methoxy groups -OCH3 is 1. The summed E-state index contributed by atoms with van der Waals surface area (Å²) in [5.74, 6) is -0.115. The first kappa shape index (κ1) is 19.3. The Labute approximate surface area is 121 Å². The van der Waals surface area contributed by atoms with Gasteiger partial charge in [-0.3, -0.25) is 4.79 Å². The van der Waals surface area contributed by atoms with Crippen molar-refractivity contribution in [3.63, 3.8) is 0 Å². The highest BCUT2D eigenvalue weighted by atomic mass is 32.2. The quantitative estimate of drug-likeness (QED) is 0.470. The van der Waals surface area contributed by atoms with Crippen LogP contribution in [0.15, 0.2) is 0 Å². The van der Waals surface area contributed by atoms with Crippen molar-refractivity contribution in [2.24, 2.45) is 0 Å². The summed E-state index contributed by atoms with van der Waals surface area (Å²) in [5.41, 5.74) is -0.655. The van der Waals surface area contributed by atoms with Crippen molar-refractivity contribution in [2.75, 3.05) is 33.1 Å². The van der Waals surface area contributed by atoms with Gasteiger partial charge in [0.15, 0.2) is 0 Å². The zero-order valence-electron chi connectivity index (χ0n) is 12.9. The van der Waals surface area contributed by atoms with Gasteiger partial charge in [0.25, 0.3) is 0 Å². The Morgan fingerprint density at radius 3 is 2.45 bits per heavy atom. The molecule has 0 spiro atoms. The molecule has 0 rings (SSSR count). The summed E-state index contributed by atoms with van der Waals surface area (Å²) in [6.07, 6.45) is 1.87. The van der Waals surface area contributed by atoms with E-state index < -0.39 is 21.6 Å². The predicted octanol–water partition coefficient (Wildman–Crippen LogP) is -0.555. The lowest BCUT2D eigenvalue weighted by Crippen LogP contribution is -2.53. The van der Waals surface area contributed by atoms with Gasteiger partial charge in [-0.15, -0.1) is 0 Å². The van der Waals surface area contributed by atoms with Crippen molar-refractivity contribution < 1.29 is 17.9 Å². The van der Waals surface area contributed by atoms with Crippen LogP contribution in [0.3, 0.4) is 0 Å². The molecule has 3 N–H and O–H groups in total. The van der Waals surface area contributed by atoms with E-state index in [4.69, 9.17) is 4.74 Å². The molecule has 0 aromatic rings. The van der Waals surface area contributed by atoms with Gasteiger partial charge < -0.3 is 15.4 Å². The number of carbonyl (C=O) groups excluding carboxylic acids is 1. The average molecular weight is 309 g/mol. The number of nitrogens with one attached hydrogen (secondary N) is 3. The normalized spacial score (nSPS) is 14.1. The fraction of sp³-hybridized carbons (Fsp3) is 0.917. The molecular weight excluding hydrogens is 282 g/mol. The van der Waals surface area contributed by atoms with Crippen LogP contribution in [0.4, 0.5) is 0 Å². The fourth-order valence-electron chi connectivity index (χ4n) is 1.62. The summed E-state index contributed by atoms with van der Waals surface area (Å²) in [6.45, 7) is 6.76. The van der Waals surface area contributed by atoms with E-state index in [0.29, 0.717) is 19.7 Å². The Morgan fingerprint density at radius 1 is 1.35 bits per heavy atom. The van der Waals surface area contributed by atoms with Crippen molar-refractivity contribution in [1.82, 2.24) is 15.4 Å². The van der Waals surface area contributed by atoms with Crippen LogP contribution in [-0.2, 0) is 19.6 Å². The third-order valence-electron chi connectivity index (χ3n) is 2.53. The monoisotopic (exact) mass is 309 g/mol. The Kier molecular flexibility index (Phi) is 8.26. The van der Waals surface area contributed by atoms with Gasteiger partial charge in [0.1, 0.15) is 0 Å². The lowest BCUT2D eigenvalue weighted by atomic mass is 10.1. The molecule has 0 aromatic carbocycles. The predicted molar refractivity (Wildman–Crippen MR) is 79.0 cm³/mol. The van der Waals surface area contributed by atoms with Crippen LogP contribution >= 0.6 is 0 Å². The Morgan fingerprint density at radius 2 is 1.95 bits per heavy atom. The highest BCUT2D eigenvalue weighted by molar-refractivity contribution is 7.88. The van der Waals surface area contributed by atoms with Crippen LogP contribution in [0, 0.1) is 0 Å². The van der Waals surface area contributed by atoms with E-state index in [1.807, 2.05) is 0 Å². The molecule has 0 bridgehead atoms. The van der Waals surface area contributed by atoms with Crippen LogP contribution in [0.5, 0.6) is 0 Å². The fourth-order valence-corrected chi connectivity index (χ4v) is 2.70. The number of amides is 1. The molecule has 0 saturated heterocycles. The molecule has 7 nitrogen and oxygen atoms in total. The van der Waals surface area contributed by atoms with Crippen LogP contribution in [-0.4, -0.2) is 59.0 Å². The summed E-state index contributed by atoms with van der Waals surface area (Å²) in [4.78, 5) is 11.8. The topological polar surface area (TPSA) is 96.5 Å². The molecule has 0 radical (unpaired) electrons. The van der Waals surface area contributed by atoms with E-state index in [-0.39, 0.29) is 5.91 Å². The molecule has 8 heteroatoms. The van der Waals surface area contributed by atoms with E-state index in [0.717, 1.165) is 12.7 Å². The molecule has 0 aliphatic rings. The van der Waals surface area contributed by atoms with Crippen LogP contribution in [0.2, 0.25) is 0 Å². The molecule has 1 amide bonds. The first-order chi connectivity index (χ1) is 9.07. The van der Waals surface area contributed by atoms with Crippen molar-refractivity contribution in [3.8, 4) is 0 Å². The molecule has 0 aliphatic carbocycles. The van der Waals surface area contributed by atoms with Gasteiger partial charge in [0.2, 0.25) is 15.9 Å². The summed E-state index contributed by atoms with van der Waals surface area (Å²) in [6, 6.07) is -0.391. The lowest BCUT2D eigenvalue weighted by Gasteiger charge is -2.27. The molecular formula is C12H27N3O4S. The van der Waals surface area contributed by atoms with Gasteiger partial charge in [-0.05, 0) is 27.2 Å². The van der Waals surface area contributed by atoms with Crippen molar-refractivity contribution in [1.29, 1.82) is 0 Å². The molecule has 0 aromatic heterocycles. The molecule has 20 heavy (non-hydrogen) atoms. The summed E-state index contributed by atoms with van der Waals surface area (Å²) >= 11 is 0. The maximum atomic E-state index is 11.8. The molecule has 0 saturated carbocycles. The second-order valence-electron chi connectivity index (χ2n) is 5.50. The second kappa shape index (κ2) is 8.56. The Balaban J connectivity index is 4.07. The smallest absolute Gasteiger partial charge is 0.236 e. The van der Waals surface area contributed by atoms with Crippen LogP contribution < -0.4 is 15.4 Å². The third-order valence-corrected chi connectivity index (χ3v) is 3.45. The highest BCUT2D eigenvalue weighted by Gasteiger charge is 2.23. The SMILES string of the molecule is COCCCNC(=O)C(C)NCC(C)(C)NS(C)(=O)=O. The van der Waals surface area contributed by atoms with E-state index >= 15 is 0 Å². The van der Waals surface area contributed by atoms with Gasteiger partial charge in [-0.1, -0.05) is 0 Å². The summed E-state index contributed by atoms with van der Waals surface area (Å²) in [5, 5.41) is 5.80. The molecule has 0 fully saturated rings. The van der Waals surface area contributed by atoms with Gasteiger partial charge >= 0.3 is 0 Å². The van der Waals surface area contributed by atoms with Crippen molar-refractivity contribution in [2.45, 2.75) is 38.8 Å². The molecule has 0 heterocycles.